The molecular formula is C19H21ClO3. The summed E-state index contributed by atoms with van der Waals surface area (Å²) in [5.74, 6) is -0.0281. The van der Waals surface area contributed by atoms with Crippen LogP contribution in [0.25, 0.3) is 0 Å². The highest BCUT2D eigenvalue weighted by molar-refractivity contribution is 6.29. The highest BCUT2D eigenvalue weighted by atomic mass is 35.5. The summed E-state index contributed by atoms with van der Waals surface area (Å²) < 4.78 is 4.94. The molecule has 0 bridgehead atoms. The molecule has 4 heteroatoms. The molecule has 2 unspecified atom stereocenters. The van der Waals surface area contributed by atoms with E-state index in [-0.39, 0.29) is 12.6 Å². The molecule has 1 saturated carbocycles. The molecule has 1 fully saturated rings. The Labute approximate surface area is 141 Å². The van der Waals surface area contributed by atoms with Gasteiger partial charge in [0, 0.05) is 10.4 Å². The van der Waals surface area contributed by atoms with Gasteiger partial charge in [0.2, 0.25) is 0 Å². The van der Waals surface area contributed by atoms with Crippen LogP contribution in [0.15, 0.2) is 47.0 Å². The van der Waals surface area contributed by atoms with Gasteiger partial charge >= 0.3 is 5.97 Å². The molecule has 0 amide bonds. The highest BCUT2D eigenvalue weighted by Crippen LogP contribution is 2.50. The number of hydrogen-bond acceptors (Lipinski definition) is 3. The van der Waals surface area contributed by atoms with Crippen molar-refractivity contribution in [1.82, 2.24) is 0 Å². The van der Waals surface area contributed by atoms with Crippen LogP contribution in [0.2, 0.25) is 0 Å². The van der Waals surface area contributed by atoms with Crippen molar-refractivity contribution in [3.8, 4) is 0 Å². The summed E-state index contributed by atoms with van der Waals surface area (Å²) in [4.78, 5) is 12.2. The van der Waals surface area contributed by atoms with E-state index in [1.807, 2.05) is 30.4 Å². The van der Waals surface area contributed by atoms with E-state index in [9.17, 15) is 9.90 Å². The third-order valence-electron chi connectivity index (χ3n) is 5.15. The smallest absolute Gasteiger partial charge is 0.338 e. The van der Waals surface area contributed by atoms with Crippen LogP contribution in [0, 0.1) is 5.92 Å². The van der Waals surface area contributed by atoms with Crippen molar-refractivity contribution < 1.29 is 14.6 Å². The summed E-state index contributed by atoms with van der Waals surface area (Å²) in [5, 5.41) is 11.2. The molecule has 2 aliphatic carbocycles. The fourth-order valence-electron chi connectivity index (χ4n) is 4.07. The van der Waals surface area contributed by atoms with Gasteiger partial charge in [0.25, 0.3) is 0 Å². The molecule has 122 valence electrons. The molecule has 2 atom stereocenters. The zero-order valence-corrected chi connectivity index (χ0v) is 14.0. The second-order valence-electron chi connectivity index (χ2n) is 6.31. The molecule has 1 aromatic carbocycles. The van der Waals surface area contributed by atoms with E-state index >= 15 is 0 Å². The topological polar surface area (TPSA) is 46.5 Å². The predicted molar refractivity (Wildman–Crippen MR) is 90.5 cm³/mol. The third kappa shape index (κ3) is 2.73. The van der Waals surface area contributed by atoms with Crippen molar-refractivity contribution in [3.63, 3.8) is 0 Å². The normalized spacial score (nSPS) is 26.8. The first-order valence-corrected chi connectivity index (χ1v) is 8.35. The Hall–Kier alpha value is -1.58. The molecular weight excluding hydrogens is 312 g/mol. The van der Waals surface area contributed by atoms with Crippen molar-refractivity contribution in [1.29, 1.82) is 0 Å². The fraction of sp³-hybridized carbons (Fsp3) is 0.421. The summed E-state index contributed by atoms with van der Waals surface area (Å²) in [6.45, 7) is -0.0190. The first-order valence-electron chi connectivity index (χ1n) is 7.98. The number of ether oxygens (including phenoxy) is 1. The molecule has 1 aromatic rings. The maximum Gasteiger partial charge on any atom is 0.338 e. The summed E-state index contributed by atoms with van der Waals surface area (Å²) in [6.07, 6.45) is 7.67. The molecule has 0 heterocycles. The highest BCUT2D eigenvalue weighted by Gasteiger charge is 2.44. The molecule has 0 aliphatic heterocycles. The van der Waals surface area contributed by atoms with Gasteiger partial charge in [0.05, 0.1) is 19.3 Å². The largest absolute Gasteiger partial charge is 0.465 e. The van der Waals surface area contributed by atoms with Crippen LogP contribution in [0.4, 0.5) is 0 Å². The van der Waals surface area contributed by atoms with Crippen LogP contribution in [-0.4, -0.2) is 24.8 Å². The predicted octanol–water partition coefficient (Wildman–Crippen LogP) is 3.96. The van der Waals surface area contributed by atoms with Gasteiger partial charge in [-0.1, -0.05) is 47.9 Å². The monoisotopic (exact) mass is 332 g/mol. The number of aliphatic hydroxyl groups is 1. The summed E-state index contributed by atoms with van der Waals surface area (Å²) in [7, 11) is 1.39. The first-order chi connectivity index (χ1) is 11.1. The van der Waals surface area contributed by atoms with Crippen molar-refractivity contribution in [2.24, 2.45) is 5.92 Å². The van der Waals surface area contributed by atoms with Crippen molar-refractivity contribution in [2.45, 2.75) is 31.1 Å². The Kier molecular flexibility index (Phi) is 4.60. The van der Waals surface area contributed by atoms with E-state index in [2.05, 4.69) is 0 Å². The number of halogens is 1. The lowest BCUT2D eigenvalue weighted by atomic mass is 9.60. The zero-order chi connectivity index (χ0) is 16.4. The lowest BCUT2D eigenvalue weighted by Crippen LogP contribution is -2.41. The molecule has 1 N–H and O–H groups in total. The minimum Gasteiger partial charge on any atom is -0.465 e. The SMILES string of the molecule is COC(=O)c1ccccc1C1(CO)CCCC2CC(Cl)=CC=C21. The van der Waals surface area contributed by atoms with E-state index in [1.54, 1.807) is 6.07 Å². The van der Waals surface area contributed by atoms with Gasteiger partial charge in [0.1, 0.15) is 0 Å². The molecule has 0 saturated heterocycles. The lowest BCUT2D eigenvalue weighted by molar-refractivity contribution is 0.0595. The van der Waals surface area contributed by atoms with E-state index in [0.29, 0.717) is 11.5 Å². The number of carbonyl (C=O) groups excluding carboxylic acids is 1. The average Bonchev–Trinajstić information content (AvgIpc) is 2.60. The molecule has 0 aromatic heterocycles. The number of rotatable bonds is 3. The summed E-state index contributed by atoms with van der Waals surface area (Å²) in [5.41, 5.74) is 2.05. The Morgan fingerprint density at radius 3 is 2.91 bits per heavy atom. The molecule has 0 spiro atoms. The van der Waals surface area contributed by atoms with E-state index < -0.39 is 5.41 Å². The fourth-order valence-corrected chi connectivity index (χ4v) is 4.32. The number of aliphatic hydroxyl groups excluding tert-OH is 1. The van der Waals surface area contributed by atoms with Gasteiger partial charge in [-0.05, 0) is 42.9 Å². The van der Waals surface area contributed by atoms with Crippen molar-refractivity contribution in [2.75, 3.05) is 13.7 Å². The quantitative estimate of drug-likeness (QED) is 0.852. The van der Waals surface area contributed by atoms with Gasteiger partial charge in [-0.3, -0.25) is 0 Å². The van der Waals surface area contributed by atoms with Crippen molar-refractivity contribution >= 4 is 17.6 Å². The second-order valence-corrected chi connectivity index (χ2v) is 6.79. The van der Waals surface area contributed by atoms with Crippen LogP contribution in [0.1, 0.15) is 41.6 Å². The molecule has 0 radical (unpaired) electrons. The van der Waals surface area contributed by atoms with E-state index in [4.69, 9.17) is 16.3 Å². The number of hydrogen-bond donors (Lipinski definition) is 1. The van der Waals surface area contributed by atoms with Crippen LogP contribution in [0.3, 0.4) is 0 Å². The number of fused-ring (bicyclic) bond motifs is 1. The number of esters is 1. The molecule has 3 nitrogen and oxygen atoms in total. The average molecular weight is 333 g/mol. The lowest BCUT2D eigenvalue weighted by Gasteiger charge is -2.45. The van der Waals surface area contributed by atoms with E-state index in [0.717, 1.165) is 36.3 Å². The Bertz CT molecular complexity index is 677. The number of methoxy groups -OCH3 is 1. The van der Waals surface area contributed by atoms with Crippen LogP contribution >= 0.6 is 11.6 Å². The Morgan fingerprint density at radius 2 is 2.17 bits per heavy atom. The van der Waals surface area contributed by atoms with Gasteiger partial charge in [-0.25, -0.2) is 4.79 Å². The van der Waals surface area contributed by atoms with Crippen molar-refractivity contribution in [3.05, 3.63) is 58.1 Å². The second kappa shape index (κ2) is 6.50. The molecule has 3 rings (SSSR count). The van der Waals surface area contributed by atoms with Gasteiger partial charge in [-0.2, -0.15) is 0 Å². The maximum absolute atomic E-state index is 12.2. The van der Waals surface area contributed by atoms with Crippen LogP contribution in [0.5, 0.6) is 0 Å². The van der Waals surface area contributed by atoms with Crippen LogP contribution < -0.4 is 0 Å². The summed E-state index contributed by atoms with van der Waals surface area (Å²) >= 11 is 6.20. The number of allylic oxidation sites excluding steroid dienone is 3. The number of benzene rings is 1. The zero-order valence-electron chi connectivity index (χ0n) is 13.2. The number of carbonyl (C=O) groups is 1. The Balaban J connectivity index is 2.17. The van der Waals surface area contributed by atoms with E-state index in [1.165, 1.54) is 12.7 Å². The first kappa shape index (κ1) is 16.3. The van der Waals surface area contributed by atoms with Gasteiger partial charge < -0.3 is 9.84 Å². The Morgan fingerprint density at radius 1 is 1.39 bits per heavy atom. The van der Waals surface area contributed by atoms with Gasteiger partial charge in [-0.15, -0.1) is 0 Å². The van der Waals surface area contributed by atoms with Crippen LogP contribution in [-0.2, 0) is 10.2 Å². The standard InChI is InChI=1S/C19H21ClO3/c1-23-18(22)15-6-2-3-7-17(15)19(12-21)10-4-5-13-11-14(20)8-9-16(13)19/h2-3,6-9,13,21H,4-5,10-12H2,1H3. The molecule has 2 aliphatic rings. The minimum atomic E-state index is -0.526. The molecule has 23 heavy (non-hydrogen) atoms. The maximum atomic E-state index is 12.2. The minimum absolute atomic E-state index is 0.0190. The van der Waals surface area contributed by atoms with Gasteiger partial charge in [0.15, 0.2) is 0 Å². The third-order valence-corrected chi connectivity index (χ3v) is 5.43. The summed E-state index contributed by atoms with van der Waals surface area (Å²) in [6, 6.07) is 7.45.